The van der Waals surface area contributed by atoms with Crippen LogP contribution in [0.4, 0.5) is 4.39 Å². The molecule has 0 aliphatic carbocycles. The van der Waals surface area contributed by atoms with Crippen LogP contribution < -0.4 is 5.32 Å². The molecule has 0 saturated carbocycles. The molecule has 0 aromatic heterocycles. The second-order valence-corrected chi connectivity index (χ2v) is 5.18. The predicted molar refractivity (Wildman–Crippen MR) is 78.7 cm³/mol. The van der Waals surface area contributed by atoms with Crippen LogP contribution in [0.2, 0.25) is 10.0 Å². The molecule has 2 aromatic carbocycles. The first kappa shape index (κ1) is 14.8. The molecule has 0 heterocycles. The SMILES string of the molecule is C[C@@H](NC(=O)c1ccccc1F)c1ccc(Cl)cc1Cl. The van der Waals surface area contributed by atoms with Crippen LogP contribution in [0, 0.1) is 5.82 Å². The fourth-order valence-corrected chi connectivity index (χ4v) is 2.42. The van der Waals surface area contributed by atoms with Gasteiger partial charge in [-0.15, -0.1) is 0 Å². The van der Waals surface area contributed by atoms with E-state index in [1.54, 1.807) is 31.2 Å². The average Bonchev–Trinajstić information content (AvgIpc) is 2.38. The number of hydrogen-bond donors (Lipinski definition) is 1. The van der Waals surface area contributed by atoms with Crippen LogP contribution in [0.5, 0.6) is 0 Å². The lowest BCUT2D eigenvalue weighted by atomic mass is 10.1. The van der Waals surface area contributed by atoms with Gasteiger partial charge in [-0.2, -0.15) is 0 Å². The quantitative estimate of drug-likeness (QED) is 0.880. The van der Waals surface area contributed by atoms with E-state index < -0.39 is 11.7 Å². The Labute approximate surface area is 126 Å². The van der Waals surface area contributed by atoms with Crippen LogP contribution in [-0.2, 0) is 0 Å². The molecular weight excluding hydrogens is 300 g/mol. The zero-order chi connectivity index (χ0) is 14.7. The van der Waals surface area contributed by atoms with Gasteiger partial charge in [-0.25, -0.2) is 4.39 Å². The van der Waals surface area contributed by atoms with Gasteiger partial charge in [-0.1, -0.05) is 41.4 Å². The molecule has 0 aliphatic heterocycles. The topological polar surface area (TPSA) is 29.1 Å². The maximum atomic E-state index is 13.5. The van der Waals surface area contributed by atoms with Crippen LogP contribution in [0.15, 0.2) is 42.5 Å². The van der Waals surface area contributed by atoms with Crippen molar-refractivity contribution in [3.05, 3.63) is 69.5 Å². The number of amides is 1. The summed E-state index contributed by atoms with van der Waals surface area (Å²) in [5.74, 6) is -1.04. The van der Waals surface area contributed by atoms with E-state index in [2.05, 4.69) is 5.32 Å². The fraction of sp³-hybridized carbons (Fsp3) is 0.133. The Morgan fingerprint density at radius 3 is 2.55 bits per heavy atom. The van der Waals surface area contributed by atoms with Gasteiger partial charge in [-0.3, -0.25) is 4.79 Å². The lowest BCUT2D eigenvalue weighted by molar-refractivity contribution is 0.0936. The van der Waals surface area contributed by atoms with Crippen molar-refractivity contribution < 1.29 is 9.18 Å². The fourth-order valence-electron chi connectivity index (χ4n) is 1.85. The van der Waals surface area contributed by atoms with E-state index in [1.165, 1.54) is 18.2 Å². The summed E-state index contributed by atoms with van der Waals surface area (Å²) in [5, 5.41) is 3.68. The molecule has 0 unspecified atom stereocenters. The van der Waals surface area contributed by atoms with Crippen molar-refractivity contribution in [1.82, 2.24) is 5.32 Å². The van der Waals surface area contributed by atoms with Crippen LogP contribution in [0.3, 0.4) is 0 Å². The van der Waals surface area contributed by atoms with E-state index in [4.69, 9.17) is 23.2 Å². The van der Waals surface area contributed by atoms with Gasteiger partial charge >= 0.3 is 0 Å². The molecule has 0 radical (unpaired) electrons. The summed E-state index contributed by atoms with van der Waals surface area (Å²) in [6.07, 6.45) is 0. The van der Waals surface area contributed by atoms with Gasteiger partial charge in [0, 0.05) is 10.0 Å². The van der Waals surface area contributed by atoms with Crippen molar-refractivity contribution in [2.45, 2.75) is 13.0 Å². The highest BCUT2D eigenvalue weighted by atomic mass is 35.5. The minimum Gasteiger partial charge on any atom is -0.345 e. The summed E-state index contributed by atoms with van der Waals surface area (Å²) >= 11 is 11.9. The maximum Gasteiger partial charge on any atom is 0.254 e. The van der Waals surface area contributed by atoms with E-state index in [1.807, 2.05) is 0 Å². The molecule has 0 aliphatic rings. The molecule has 2 rings (SSSR count). The Balaban J connectivity index is 2.17. The second kappa shape index (κ2) is 6.25. The highest BCUT2D eigenvalue weighted by Gasteiger charge is 2.16. The standard InChI is InChI=1S/C15H12Cl2FNO/c1-9(11-7-6-10(16)8-13(11)17)19-15(20)12-4-2-3-5-14(12)18/h2-9H,1H3,(H,19,20)/t9-/m1/s1. The number of carbonyl (C=O) groups is 1. The summed E-state index contributed by atoms with van der Waals surface area (Å²) in [5.41, 5.74) is 0.727. The van der Waals surface area contributed by atoms with E-state index in [-0.39, 0.29) is 11.6 Å². The van der Waals surface area contributed by atoms with Crippen molar-refractivity contribution >= 4 is 29.1 Å². The summed E-state index contributed by atoms with van der Waals surface area (Å²) in [6, 6.07) is 10.5. The first-order chi connectivity index (χ1) is 9.49. The Morgan fingerprint density at radius 2 is 1.90 bits per heavy atom. The van der Waals surface area contributed by atoms with Gasteiger partial charge in [0.15, 0.2) is 0 Å². The van der Waals surface area contributed by atoms with Crippen LogP contribution in [0.1, 0.15) is 28.9 Å². The largest absolute Gasteiger partial charge is 0.345 e. The highest BCUT2D eigenvalue weighted by Crippen LogP contribution is 2.26. The van der Waals surface area contributed by atoms with Crippen molar-refractivity contribution in [3.8, 4) is 0 Å². The molecule has 104 valence electrons. The zero-order valence-electron chi connectivity index (χ0n) is 10.7. The molecule has 1 amide bonds. The van der Waals surface area contributed by atoms with Gasteiger partial charge in [0.2, 0.25) is 0 Å². The Kier molecular flexibility index (Phi) is 4.63. The number of nitrogens with one attached hydrogen (secondary N) is 1. The first-order valence-corrected chi connectivity index (χ1v) is 6.75. The summed E-state index contributed by atoms with van der Waals surface area (Å²) in [4.78, 5) is 12.0. The number of benzene rings is 2. The molecule has 20 heavy (non-hydrogen) atoms. The van der Waals surface area contributed by atoms with Crippen molar-refractivity contribution in [2.75, 3.05) is 0 Å². The van der Waals surface area contributed by atoms with E-state index in [0.29, 0.717) is 10.0 Å². The molecule has 2 aromatic rings. The molecule has 2 nitrogen and oxygen atoms in total. The van der Waals surface area contributed by atoms with E-state index >= 15 is 0 Å². The molecule has 0 spiro atoms. The highest BCUT2D eigenvalue weighted by molar-refractivity contribution is 6.35. The van der Waals surface area contributed by atoms with Crippen molar-refractivity contribution in [1.29, 1.82) is 0 Å². The number of rotatable bonds is 3. The van der Waals surface area contributed by atoms with Crippen LogP contribution >= 0.6 is 23.2 Å². The summed E-state index contributed by atoms with van der Waals surface area (Å²) < 4.78 is 13.5. The lowest BCUT2D eigenvalue weighted by Gasteiger charge is -2.16. The van der Waals surface area contributed by atoms with Gasteiger partial charge in [-0.05, 0) is 36.8 Å². The minimum atomic E-state index is -0.556. The molecule has 0 saturated heterocycles. The normalized spacial score (nSPS) is 12.0. The average molecular weight is 312 g/mol. The van der Waals surface area contributed by atoms with Gasteiger partial charge in [0.05, 0.1) is 11.6 Å². The Bertz CT molecular complexity index is 646. The maximum absolute atomic E-state index is 13.5. The van der Waals surface area contributed by atoms with Crippen molar-refractivity contribution in [3.63, 3.8) is 0 Å². The Morgan fingerprint density at radius 1 is 1.20 bits per heavy atom. The third-order valence-electron chi connectivity index (χ3n) is 2.90. The molecule has 0 fully saturated rings. The monoisotopic (exact) mass is 311 g/mol. The predicted octanol–water partition coefficient (Wildman–Crippen LogP) is 4.62. The van der Waals surface area contributed by atoms with Gasteiger partial charge in [0.1, 0.15) is 5.82 Å². The third kappa shape index (κ3) is 3.30. The summed E-state index contributed by atoms with van der Waals surface area (Å²) in [6.45, 7) is 1.77. The van der Waals surface area contributed by atoms with Gasteiger partial charge in [0.25, 0.3) is 5.91 Å². The van der Waals surface area contributed by atoms with Crippen LogP contribution in [0.25, 0.3) is 0 Å². The lowest BCUT2D eigenvalue weighted by Crippen LogP contribution is -2.27. The smallest absolute Gasteiger partial charge is 0.254 e. The first-order valence-electron chi connectivity index (χ1n) is 5.99. The van der Waals surface area contributed by atoms with E-state index in [9.17, 15) is 9.18 Å². The van der Waals surface area contributed by atoms with Crippen molar-refractivity contribution in [2.24, 2.45) is 0 Å². The van der Waals surface area contributed by atoms with Crippen LogP contribution in [-0.4, -0.2) is 5.91 Å². The number of hydrogen-bond acceptors (Lipinski definition) is 1. The minimum absolute atomic E-state index is 0.00411. The number of halogens is 3. The second-order valence-electron chi connectivity index (χ2n) is 4.34. The zero-order valence-corrected chi connectivity index (χ0v) is 12.2. The third-order valence-corrected chi connectivity index (χ3v) is 3.46. The molecule has 1 atom stereocenters. The Hall–Kier alpha value is -1.58. The molecule has 0 bridgehead atoms. The number of carbonyl (C=O) groups excluding carboxylic acids is 1. The van der Waals surface area contributed by atoms with Gasteiger partial charge < -0.3 is 5.32 Å². The van der Waals surface area contributed by atoms with E-state index in [0.717, 1.165) is 5.56 Å². The molecular formula is C15H12Cl2FNO. The molecule has 5 heteroatoms. The summed E-state index contributed by atoms with van der Waals surface area (Å²) in [7, 11) is 0. The molecule has 1 N–H and O–H groups in total.